The van der Waals surface area contributed by atoms with Crippen molar-refractivity contribution in [3.63, 3.8) is 0 Å². The first-order valence-electron chi connectivity index (χ1n) is 9.43. The van der Waals surface area contributed by atoms with Gasteiger partial charge in [-0.1, -0.05) is 42.0 Å². The molecule has 1 unspecified atom stereocenters. The zero-order valence-corrected chi connectivity index (χ0v) is 17.3. The number of rotatable bonds is 6. The summed E-state index contributed by atoms with van der Waals surface area (Å²) >= 11 is 0. The maximum atomic E-state index is 13.0. The minimum atomic E-state index is -1.76. The van der Waals surface area contributed by atoms with Gasteiger partial charge in [0.2, 0.25) is 0 Å². The molecule has 0 heterocycles. The second kappa shape index (κ2) is 8.49. The number of aryl methyl sites for hydroxylation is 1. The van der Waals surface area contributed by atoms with Crippen molar-refractivity contribution in [3.8, 4) is 17.2 Å². The van der Waals surface area contributed by atoms with Crippen molar-refractivity contribution in [1.82, 2.24) is 0 Å². The molecule has 4 aromatic rings. The molecule has 0 aliphatic rings. The fraction of sp³-hybridized carbons (Fsp3) is 0.0417. The predicted molar refractivity (Wildman–Crippen MR) is 120 cm³/mol. The van der Waals surface area contributed by atoms with Crippen LogP contribution in [0.2, 0.25) is 0 Å². The highest BCUT2D eigenvalue weighted by atomic mass is 32.2. The van der Waals surface area contributed by atoms with Crippen molar-refractivity contribution in [3.05, 3.63) is 90.0 Å². The van der Waals surface area contributed by atoms with E-state index in [1.165, 1.54) is 6.07 Å². The highest BCUT2D eigenvalue weighted by molar-refractivity contribution is 7.86. The van der Waals surface area contributed by atoms with Gasteiger partial charge in [-0.2, -0.15) is 0 Å². The molecular formula is C24H19NO5S. The molecule has 0 aliphatic heterocycles. The standard InChI is InChI=1S/C24H19NO5S/c1-15-6-10-17(11-7-15)30-18-12-8-16(9-13-18)25-31(29)22-14-21(24(27)28)23(26)20-5-3-2-4-19(20)22/h2-14,25-26H,1H3,(H,27,28). The molecule has 0 saturated carbocycles. The quantitative estimate of drug-likeness (QED) is 0.374. The third kappa shape index (κ3) is 4.36. The first-order chi connectivity index (χ1) is 14.9. The van der Waals surface area contributed by atoms with Crippen LogP contribution >= 0.6 is 0 Å². The van der Waals surface area contributed by atoms with Gasteiger partial charge >= 0.3 is 5.97 Å². The molecule has 31 heavy (non-hydrogen) atoms. The minimum Gasteiger partial charge on any atom is -0.506 e. The van der Waals surface area contributed by atoms with Gasteiger partial charge in [0.25, 0.3) is 0 Å². The average Bonchev–Trinajstić information content (AvgIpc) is 2.77. The Morgan fingerprint density at radius 3 is 2.10 bits per heavy atom. The molecule has 1 atom stereocenters. The summed E-state index contributed by atoms with van der Waals surface area (Å²) in [6, 6.07) is 22.6. The van der Waals surface area contributed by atoms with E-state index in [2.05, 4.69) is 4.72 Å². The number of aromatic hydroxyl groups is 1. The summed E-state index contributed by atoms with van der Waals surface area (Å²) in [7, 11) is -1.76. The second-order valence-electron chi connectivity index (χ2n) is 6.93. The zero-order valence-electron chi connectivity index (χ0n) is 16.5. The molecular weight excluding hydrogens is 414 g/mol. The van der Waals surface area contributed by atoms with Crippen LogP contribution in [0.3, 0.4) is 0 Å². The monoisotopic (exact) mass is 433 g/mol. The third-order valence-electron chi connectivity index (χ3n) is 4.73. The molecule has 0 radical (unpaired) electrons. The summed E-state index contributed by atoms with van der Waals surface area (Å²) in [6.45, 7) is 2.00. The molecule has 0 saturated heterocycles. The van der Waals surface area contributed by atoms with Gasteiger partial charge in [0.05, 0.1) is 4.90 Å². The van der Waals surface area contributed by atoms with Crippen LogP contribution in [0, 0.1) is 6.92 Å². The normalized spacial score (nSPS) is 11.8. The first-order valence-corrected chi connectivity index (χ1v) is 10.6. The van der Waals surface area contributed by atoms with Crippen molar-refractivity contribution in [2.24, 2.45) is 0 Å². The summed E-state index contributed by atoms with van der Waals surface area (Å²) in [4.78, 5) is 11.8. The van der Waals surface area contributed by atoms with Crippen molar-refractivity contribution >= 4 is 33.4 Å². The van der Waals surface area contributed by atoms with Crippen LogP contribution in [0.1, 0.15) is 15.9 Å². The van der Waals surface area contributed by atoms with Crippen LogP contribution in [0.5, 0.6) is 17.2 Å². The highest BCUT2D eigenvalue weighted by Gasteiger charge is 2.19. The van der Waals surface area contributed by atoms with E-state index < -0.39 is 17.0 Å². The van der Waals surface area contributed by atoms with Crippen LogP contribution in [0.15, 0.2) is 83.8 Å². The average molecular weight is 433 g/mol. The Kier molecular flexibility index (Phi) is 5.60. The number of carboxylic acids is 1. The van der Waals surface area contributed by atoms with Crippen LogP contribution < -0.4 is 9.46 Å². The Labute approximate surface area is 181 Å². The number of benzene rings is 4. The van der Waals surface area contributed by atoms with Gasteiger partial charge in [-0.05, 0) is 49.4 Å². The van der Waals surface area contributed by atoms with E-state index in [1.807, 2.05) is 31.2 Å². The van der Waals surface area contributed by atoms with E-state index in [1.54, 1.807) is 48.5 Å². The molecule has 156 valence electrons. The summed E-state index contributed by atoms with van der Waals surface area (Å²) in [5.74, 6) is -0.296. The van der Waals surface area contributed by atoms with Gasteiger partial charge in [0, 0.05) is 16.5 Å². The first kappa shape index (κ1) is 20.4. The van der Waals surface area contributed by atoms with Gasteiger partial charge in [0.1, 0.15) is 22.8 Å². The molecule has 6 nitrogen and oxygen atoms in total. The number of nitrogens with one attached hydrogen (secondary N) is 1. The van der Waals surface area contributed by atoms with Crippen molar-refractivity contribution in [2.45, 2.75) is 11.8 Å². The molecule has 3 N–H and O–H groups in total. The molecule has 0 aromatic heterocycles. The Morgan fingerprint density at radius 1 is 0.903 bits per heavy atom. The van der Waals surface area contributed by atoms with Crippen molar-refractivity contribution < 1.29 is 24.0 Å². The van der Waals surface area contributed by atoms with E-state index in [0.717, 1.165) is 5.56 Å². The number of fused-ring (bicyclic) bond motifs is 1. The molecule has 0 bridgehead atoms. The second-order valence-corrected chi connectivity index (χ2v) is 8.11. The van der Waals surface area contributed by atoms with Gasteiger partial charge in [-0.25, -0.2) is 9.00 Å². The maximum absolute atomic E-state index is 13.0. The summed E-state index contributed by atoms with van der Waals surface area (Å²) in [6.07, 6.45) is 0. The molecule has 4 rings (SSSR count). The number of carbonyl (C=O) groups is 1. The van der Waals surface area contributed by atoms with Gasteiger partial charge in [0.15, 0.2) is 11.0 Å². The van der Waals surface area contributed by atoms with E-state index >= 15 is 0 Å². The number of ether oxygens (including phenoxy) is 1. The lowest BCUT2D eigenvalue weighted by Gasteiger charge is -2.12. The molecule has 7 heteroatoms. The molecule has 0 spiro atoms. The molecule has 0 aliphatic carbocycles. The van der Waals surface area contributed by atoms with Crippen LogP contribution in [0.4, 0.5) is 5.69 Å². The summed E-state index contributed by atoms with van der Waals surface area (Å²) in [5, 5.41) is 20.5. The van der Waals surface area contributed by atoms with E-state index in [-0.39, 0.29) is 16.2 Å². The van der Waals surface area contributed by atoms with Crippen molar-refractivity contribution in [1.29, 1.82) is 0 Å². The van der Waals surface area contributed by atoms with Crippen LogP contribution in [0.25, 0.3) is 10.8 Å². The van der Waals surface area contributed by atoms with Crippen LogP contribution in [-0.4, -0.2) is 20.4 Å². The SMILES string of the molecule is Cc1ccc(Oc2ccc(NS(=O)c3cc(C(=O)O)c(O)c4ccccc34)cc2)cc1. The zero-order chi connectivity index (χ0) is 22.0. The molecule has 0 fully saturated rings. The number of phenols is 1. The lowest BCUT2D eigenvalue weighted by Crippen LogP contribution is -2.07. The Hall–Kier alpha value is -3.84. The van der Waals surface area contributed by atoms with E-state index in [9.17, 15) is 19.2 Å². The summed E-state index contributed by atoms with van der Waals surface area (Å²) in [5.41, 5.74) is 1.41. The largest absolute Gasteiger partial charge is 0.506 e. The van der Waals surface area contributed by atoms with Gasteiger partial charge in [-0.15, -0.1) is 0 Å². The van der Waals surface area contributed by atoms with Crippen molar-refractivity contribution in [2.75, 3.05) is 4.72 Å². The number of hydrogen-bond donors (Lipinski definition) is 3. The van der Waals surface area contributed by atoms with Gasteiger partial charge in [-0.3, -0.25) is 0 Å². The fourth-order valence-electron chi connectivity index (χ4n) is 3.14. The van der Waals surface area contributed by atoms with Gasteiger partial charge < -0.3 is 19.7 Å². The van der Waals surface area contributed by atoms with E-state index in [0.29, 0.717) is 28.0 Å². The maximum Gasteiger partial charge on any atom is 0.339 e. The predicted octanol–water partition coefficient (Wildman–Crippen LogP) is 5.48. The van der Waals surface area contributed by atoms with E-state index in [4.69, 9.17) is 4.74 Å². The Balaban J connectivity index is 1.58. The number of aromatic carboxylic acids is 1. The number of anilines is 1. The fourth-order valence-corrected chi connectivity index (χ4v) is 4.20. The lowest BCUT2D eigenvalue weighted by molar-refractivity contribution is 0.0693. The van der Waals surface area contributed by atoms with Crippen LogP contribution in [-0.2, 0) is 11.0 Å². The molecule has 0 amide bonds. The number of carboxylic acid groups (broad SMARTS) is 1. The topological polar surface area (TPSA) is 95.9 Å². The Bertz CT molecular complexity index is 1280. The highest BCUT2D eigenvalue weighted by Crippen LogP contribution is 2.34. The number of hydrogen-bond acceptors (Lipinski definition) is 4. The summed E-state index contributed by atoms with van der Waals surface area (Å²) < 4.78 is 21.7. The minimum absolute atomic E-state index is 0.269. The molecule has 4 aromatic carbocycles. The Morgan fingerprint density at radius 2 is 1.48 bits per heavy atom. The third-order valence-corrected chi connectivity index (χ3v) is 5.89. The lowest BCUT2D eigenvalue weighted by atomic mass is 10.1. The smallest absolute Gasteiger partial charge is 0.339 e.